The van der Waals surface area contributed by atoms with E-state index in [0.717, 1.165) is 32.7 Å². The van der Waals surface area contributed by atoms with Crippen LogP contribution in [-0.2, 0) is 4.74 Å². The number of thiophene rings is 1. The van der Waals surface area contributed by atoms with Gasteiger partial charge in [0.25, 0.3) is 0 Å². The fourth-order valence-electron chi connectivity index (χ4n) is 3.18. The van der Waals surface area contributed by atoms with Crippen LogP contribution in [0.4, 0.5) is 4.79 Å². The number of urea groups is 1. The normalized spacial score (nSPS) is 23.5. The quantitative estimate of drug-likeness (QED) is 0.844. The lowest BCUT2D eigenvalue weighted by Crippen LogP contribution is -2.42. The van der Waals surface area contributed by atoms with E-state index in [0.29, 0.717) is 25.0 Å². The topological polar surface area (TPSA) is 53.6 Å². The van der Waals surface area contributed by atoms with Gasteiger partial charge in [-0.25, -0.2) is 4.79 Å². The molecule has 6 heteroatoms. The van der Waals surface area contributed by atoms with Gasteiger partial charge in [0.15, 0.2) is 0 Å². The van der Waals surface area contributed by atoms with Crippen LogP contribution in [0.5, 0.6) is 0 Å². The Morgan fingerprint density at radius 2 is 2.27 bits per heavy atom. The first-order valence-electron chi connectivity index (χ1n) is 8.20. The summed E-state index contributed by atoms with van der Waals surface area (Å²) in [5.41, 5.74) is 0. The van der Waals surface area contributed by atoms with Gasteiger partial charge in [-0.3, -0.25) is 4.90 Å². The van der Waals surface area contributed by atoms with Crippen LogP contribution in [0.3, 0.4) is 0 Å². The molecular formula is C16H25N3O2S. The van der Waals surface area contributed by atoms with Gasteiger partial charge in [-0.15, -0.1) is 11.3 Å². The molecule has 0 radical (unpaired) electrons. The molecule has 2 aliphatic heterocycles. The first-order chi connectivity index (χ1) is 10.8. The second-order valence-corrected chi connectivity index (χ2v) is 7.07. The van der Waals surface area contributed by atoms with Crippen molar-refractivity contribution in [2.24, 2.45) is 5.92 Å². The van der Waals surface area contributed by atoms with Crippen molar-refractivity contribution in [3.05, 3.63) is 22.4 Å². The molecule has 2 aliphatic rings. The minimum absolute atomic E-state index is 0.0624. The predicted molar refractivity (Wildman–Crippen MR) is 88.2 cm³/mol. The number of hydrogen-bond acceptors (Lipinski definition) is 4. The average Bonchev–Trinajstić information content (AvgIpc) is 3.27. The number of rotatable bonds is 6. The second kappa shape index (κ2) is 7.94. The highest BCUT2D eigenvalue weighted by molar-refractivity contribution is 7.10. The van der Waals surface area contributed by atoms with E-state index in [2.05, 4.69) is 33.0 Å². The summed E-state index contributed by atoms with van der Waals surface area (Å²) in [6.45, 7) is 5.23. The first-order valence-corrected chi connectivity index (χ1v) is 9.08. The van der Waals surface area contributed by atoms with Gasteiger partial charge in [0, 0.05) is 30.5 Å². The Morgan fingerprint density at radius 1 is 1.41 bits per heavy atom. The molecule has 5 nitrogen and oxygen atoms in total. The molecule has 122 valence electrons. The van der Waals surface area contributed by atoms with Crippen LogP contribution >= 0.6 is 11.3 Å². The number of carbonyl (C=O) groups is 1. The molecule has 2 saturated heterocycles. The maximum absolute atomic E-state index is 12.0. The summed E-state index contributed by atoms with van der Waals surface area (Å²) in [7, 11) is 0. The Labute approximate surface area is 136 Å². The summed E-state index contributed by atoms with van der Waals surface area (Å²) in [6, 6.07) is 4.50. The predicted octanol–water partition coefficient (Wildman–Crippen LogP) is 2.22. The van der Waals surface area contributed by atoms with Gasteiger partial charge < -0.3 is 15.4 Å². The van der Waals surface area contributed by atoms with Crippen LogP contribution in [0, 0.1) is 5.92 Å². The fourth-order valence-corrected chi connectivity index (χ4v) is 4.04. The third kappa shape index (κ3) is 4.21. The second-order valence-electron chi connectivity index (χ2n) is 6.09. The van der Waals surface area contributed by atoms with E-state index in [9.17, 15) is 4.79 Å². The van der Waals surface area contributed by atoms with E-state index < -0.39 is 0 Å². The number of carbonyl (C=O) groups excluding carboxylic acids is 1. The largest absolute Gasteiger partial charge is 0.381 e. The summed E-state index contributed by atoms with van der Waals surface area (Å²) in [5, 5.41) is 8.13. The first kappa shape index (κ1) is 15.8. The lowest BCUT2D eigenvalue weighted by atomic mass is 10.1. The molecule has 3 rings (SSSR count). The molecular weight excluding hydrogens is 298 g/mol. The van der Waals surface area contributed by atoms with Crippen molar-refractivity contribution in [2.75, 3.05) is 39.4 Å². The standard InChI is InChI=1S/C16H25N3O2S/c20-16(17-10-13-5-8-21-12-13)18-11-14(15-4-3-9-22-15)19-6-1-2-7-19/h3-4,9,13-14H,1-2,5-8,10-12H2,(H2,17,18,20)/t13-,14+/m0/s1. The van der Waals surface area contributed by atoms with E-state index in [-0.39, 0.29) is 6.03 Å². The van der Waals surface area contributed by atoms with Crippen LogP contribution in [0.2, 0.25) is 0 Å². The average molecular weight is 323 g/mol. The summed E-state index contributed by atoms with van der Waals surface area (Å²) in [6.07, 6.45) is 3.57. The summed E-state index contributed by atoms with van der Waals surface area (Å²) in [4.78, 5) is 15.8. The van der Waals surface area contributed by atoms with Crippen molar-refractivity contribution in [3.8, 4) is 0 Å². The Hall–Kier alpha value is -1.11. The molecule has 3 heterocycles. The molecule has 2 fully saturated rings. The van der Waals surface area contributed by atoms with Crippen molar-refractivity contribution in [1.82, 2.24) is 15.5 Å². The van der Waals surface area contributed by atoms with Gasteiger partial charge in [-0.2, -0.15) is 0 Å². The zero-order valence-electron chi connectivity index (χ0n) is 12.9. The van der Waals surface area contributed by atoms with Crippen LogP contribution in [0.1, 0.15) is 30.2 Å². The van der Waals surface area contributed by atoms with Crippen LogP contribution < -0.4 is 10.6 Å². The third-order valence-corrected chi connectivity index (χ3v) is 5.46. The molecule has 1 aromatic rings. The Kier molecular flexibility index (Phi) is 5.70. The van der Waals surface area contributed by atoms with Crippen LogP contribution in [0.25, 0.3) is 0 Å². The van der Waals surface area contributed by atoms with Crippen molar-refractivity contribution >= 4 is 17.4 Å². The lowest BCUT2D eigenvalue weighted by molar-refractivity contribution is 0.184. The smallest absolute Gasteiger partial charge is 0.314 e. The maximum Gasteiger partial charge on any atom is 0.314 e. The van der Waals surface area contributed by atoms with Gasteiger partial charge in [0.1, 0.15) is 0 Å². The molecule has 0 bridgehead atoms. The minimum atomic E-state index is -0.0624. The van der Waals surface area contributed by atoms with Gasteiger partial charge in [-0.1, -0.05) is 6.07 Å². The minimum Gasteiger partial charge on any atom is -0.381 e. The monoisotopic (exact) mass is 323 g/mol. The summed E-state index contributed by atoms with van der Waals surface area (Å²) in [5.74, 6) is 0.470. The zero-order chi connectivity index (χ0) is 15.2. The zero-order valence-corrected chi connectivity index (χ0v) is 13.7. The SMILES string of the molecule is O=C(NC[C@@H]1CCOC1)NC[C@H](c1cccs1)N1CCCC1. The molecule has 2 atom stereocenters. The molecule has 0 spiro atoms. The number of nitrogens with one attached hydrogen (secondary N) is 2. The van der Waals surface area contributed by atoms with Crippen LogP contribution in [0.15, 0.2) is 17.5 Å². The molecule has 22 heavy (non-hydrogen) atoms. The fraction of sp³-hybridized carbons (Fsp3) is 0.688. The van der Waals surface area contributed by atoms with E-state index in [4.69, 9.17) is 4.74 Å². The van der Waals surface area contributed by atoms with E-state index >= 15 is 0 Å². The highest BCUT2D eigenvalue weighted by atomic mass is 32.1. The van der Waals surface area contributed by atoms with Crippen molar-refractivity contribution in [1.29, 1.82) is 0 Å². The molecule has 1 aromatic heterocycles. The third-order valence-electron chi connectivity index (χ3n) is 4.48. The molecule has 0 unspecified atom stereocenters. The van der Waals surface area contributed by atoms with Crippen LogP contribution in [-0.4, -0.2) is 50.3 Å². The Bertz CT molecular complexity index is 454. The Morgan fingerprint density at radius 3 is 2.95 bits per heavy atom. The number of ether oxygens (including phenoxy) is 1. The molecule has 2 amide bonds. The highest BCUT2D eigenvalue weighted by Crippen LogP contribution is 2.27. The number of nitrogens with zero attached hydrogens (tertiary/aromatic N) is 1. The molecule has 2 N–H and O–H groups in total. The van der Waals surface area contributed by atoms with Crippen molar-refractivity contribution in [2.45, 2.75) is 25.3 Å². The van der Waals surface area contributed by atoms with E-state index in [1.165, 1.54) is 17.7 Å². The van der Waals surface area contributed by atoms with Crippen molar-refractivity contribution in [3.63, 3.8) is 0 Å². The van der Waals surface area contributed by atoms with E-state index in [1.54, 1.807) is 11.3 Å². The summed E-state index contributed by atoms with van der Waals surface area (Å²) >= 11 is 1.77. The van der Waals surface area contributed by atoms with Gasteiger partial charge in [0.05, 0.1) is 12.6 Å². The summed E-state index contributed by atoms with van der Waals surface area (Å²) < 4.78 is 5.33. The van der Waals surface area contributed by atoms with E-state index in [1.807, 2.05) is 0 Å². The molecule has 0 aromatic carbocycles. The van der Waals surface area contributed by atoms with Gasteiger partial charge >= 0.3 is 6.03 Å². The number of amides is 2. The number of hydrogen-bond donors (Lipinski definition) is 2. The maximum atomic E-state index is 12.0. The highest BCUT2D eigenvalue weighted by Gasteiger charge is 2.24. The lowest BCUT2D eigenvalue weighted by Gasteiger charge is -2.27. The van der Waals surface area contributed by atoms with Gasteiger partial charge in [-0.05, 0) is 43.8 Å². The van der Waals surface area contributed by atoms with Gasteiger partial charge in [0.2, 0.25) is 0 Å². The van der Waals surface area contributed by atoms with Crippen molar-refractivity contribution < 1.29 is 9.53 Å². The number of likely N-dealkylation sites (tertiary alicyclic amines) is 1. The molecule has 0 aliphatic carbocycles. The Balaban J connectivity index is 1.47. The molecule has 0 saturated carbocycles.